The van der Waals surface area contributed by atoms with Gasteiger partial charge in [-0.25, -0.2) is 8.42 Å². The summed E-state index contributed by atoms with van der Waals surface area (Å²) in [6, 6.07) is 9.32. The van der Waals surface area contributed by atoms with Gasteiger partial charge in [0.1, 0.15) is 12.6 Å². The van der Waals surface area contributed by atoms with E-state index in [1.54, 1.807) is 37.3 Å². The predicted octanol–water partition coefficient (Wildman–Crippen LogP) is 4.96. The summed E-state index contributed by atoms with van der Waals surface area (Å²) in [5, 5.41) is 3.69. The molecule has 198 valence electrons. The minimum absolute atomic E-state index is 0.0208. The molecule has 2 rings (SSSR count). The van der Waals surface area contributed by atoms with Crippen molar-refractivity contribution in [1.29, 1.82) is 0 Å². The van der Waals surface area contributed by atoms with Crippen molar-refractivity contribution in [2.45, 2.75) is 53.6 Å². The lowest BCUT2D eigenvalue weighted by atomic mass is 10.1. The van der Waals surface area contributed by atoms with Crippen LogP contribution in [0.5, 0.6) is 0 Å². The lowest BCUT2D eigenvalue weighted by Gasteiger charge is -2.33. The van der Waals surface area contributed by atoms with Crippen LogP contribution < -0.4 is 9.62 Å². The van der Waals surface area contributed by atoms with E-state index in [-0.39, 0.29) is 18.4 Å². The van der Waals surface area contributed by atoms with Gasteiger partial charge in [-0.3, -0.25) is 13.9 Å². The molecule has 0 radical (unpaired) electrons. The number of rotatable bonds is 11. The number of nitrogens with zero attached hydrogens (tertiary/aromatic N) is 2. The van der Waals surface area contributed by atoms with Gasteiger partial charge in [-0.2, -0.15) is 0 Å². The summed E-state index contributed by atoms with van der Waals surface area (Å²) in [5.74, 6) is -0.593. The average Bonchev–Trinajstić information content (AvgIpc) is 2.78. The van der Waals surface area contributed by atoms with Crippen LogP contribution in [0.2, 0.25) is 10.0 Å². The number of halogens is 2. The second-order valence-electron chi connectivity index (χ2n) is 9.36. The van der Waals surface area contributed by atoms with Crippen molar-refractivity contribution < 1.29 is 18.0 Å². The Morgan fingerprint density at radius 1 is 1.03 bits per heavy atom. The molecule has 1 atom stereocenters. The highest BCUT2D eigenvalue weighted by atomic mass is 35.5. The number of amides is 2. The van der Waals surface area contributed by atoms with Crippen LogP contribution in [0.3, 0.4) is 0 Å². The van der Waals surface area contributed by atoms with Crippen LogP contribution >= 0.6 is 23.2 Å². The lowest BCUT2D eigenvalue weighted by Crippen LogP contribution is -2.52. The number of hydrogen-bond donors (Lipinski definition) is 1. The molecule has 0 aromatic heterocycles. The zero-order valence-electron chi connectivity index (χ0n) is 21.6. The van der Waals surface area contributed by atoms with E-state index >= 15 is 0 Å². The first kappa shape index (κ1) is 29.9. The van der Waals surface area contributed by atoms with E-state index in [1.807, 2.05) is 33.8 Å². The van der Waals surface area contributed by atoms with Crippen molar-refractivity contribution in [3.05, 3.63) is 63.1 Å². The maximum absolute atomic E-state index is 13.7. The number of nitrogens with one attached hydrogen (secondary N) is 1. The minimum Gasteiger partial charge on any atom is -0.354 e. The lowest BCUT2D eigenvalue weighted by molar-refractivity contribution is -0.140. The molecule has 0 aliphatic carbocycles. The summed E-state index contributed by atoms with van der Waals surface area (Å²) in [6.07, 6.45) is 1.39. The molecule has 0 bridgehead atoms. The van der Waals surface area contributed by atoms with Crippen LogP contribution in [0.1, 0.15) is 43.9 Å². The summed E-state index contributed by atoms with van der Waals surface area (Å²) in [6.45, 7) is 9.58. The Kier molecular flexibility index (Phi) is 10.6. The summed E-state index contributed by atoms with van der Waals surface area (Å²) < 4.78 is 26.5. The average molecular weight is 557 g/mol. The maximum Gasteiger partial charge on any atom is 0.244 e. The molecule has 0 aliphatic heterocycles. The van der Waals surface area contributed by atoms with Gasteiger partial charge in [0.05, 0.1) is 11.9 Å². The van der Waals surface area contributed by atoms with Crippen LogP contribution in [0.15, 0.2) is 36.4 Å². The Morgan fingerprint density at radius 3 is 2.22 bits per heavy atom. The van der Waals surface area contributed by atoms with E-state index in [0.717, 1.165) is 21.7 Å². The first-order chi connectivity index (χ1) is 16.7. The van der Waals surface area contributed by atoms with Crippen molar-refractivity contribution in [3.8, 4) is 0 Å². The quantitative estimate of drug-likeness (QED) is 0.424. The number of hydrogen-bond acceptors (Lipinski definition) is 4. The fourth-order valence-electron chi connectivity index (χ4n) is 3.67. The Hall–Kier alpha value is -2.29. The maximum atomic E-state index is 13.7. The van der Waals surface area contributed by atoms with Gasteiger partial charge in [-0.1, -0.05) is 56.1 Å². The number of carbonyl (C=O) groups excluding carboxylic acids is 2. The second kappa shape index (κ2) is 12.8. The van der Waals surface area contributed by atoms with Crippen molar-refractivity contribution in [2.24, 2.45) is 5.92 Å². The van der Waals surface area contributed by atoms with Crippen molar-refractivity contribution in [1.82, 2.24) is 10.2 Å². The smallest absolute Gasteiger partial charge is 0.244 e. The number of carbonyl (C=O) groups is 2. The molecule has 0 saturated heterocycles. The Balaban J connectivity index is 2.48. The molecule has 10 heteroatoms. The molecule has 1 N–H and O–H groups in total. The summed E-state index contributed by atoms with van der Waals surface area (Å²) in [7, 11) is -3.80. The zero-order valence-corrected chi connectivity index (χ0v) is 24.0. The predicted molar refractivity (Wildman–Crippen MR) is 147 cm³/mol. The third-order valence-corrected chi connectivity index (χ3v) is 7.61. The molecule has 0 fully saturated rings. The Morgan fingerprint density at radius 2 is 1.69 bits per heavy atom. The molecular weight excluding hydrogens is 521 g/mol. The van der Waals surface area contributed by atoms with E-state index in [1.165, 1.54) is 4.90 Å². The number of benzene rings is 2. The normalized spacial score (nSPS) is 12.4. The molecule has 0 aliphatic rings. The van der Waals surface area contributed by atoms with Crippen LogP contribution in [0.4, 0.5) is 5.69 Å². The highest BCUT2D eigenvalue weighted by molar-refractivity contribution is 7.92. The van der Waals surface area contributed by atoms with Crippen LogP contribution in [-0.2, 0) is 26.2 Å². The van der Waals surface area contributed by atoms with Crippen LogP contribution in [-0.4, -0.2) is 50.5 Å². The first-order valence-electron chi connectivity index (χ1n) is 11.8. The van der Waals surface area contributed by atoms with Crippen molar-refractivity contribution in [3.63, 3.8) is 0 Å². The molecule has 7 nitrogen and oxygen atoms in total. The summed E-state index contributed by atoms with van der Waals surface area (Å²) >= 11 is 12.4. The van der Waals surface area contributed by atoms with Gasteiger partial charge in [0.15, 0.2) is 0 Å². The van der Waals surface area contributed by atoms with E-state index in [2.05, 4.69) is 5.32 Å². The standard InChI is InChI=1S/C26H35Cl2N3O4S/c1-7-24(26(33)29-14-17(2)3)30(15-20-9-10-21(27)13-23(20)28)25(32)16-31(36(6,34)35)22-11-8-18(4)19(5)12-22/h8-13,17,24H,7,14-16H2,1-6H3,(H,29,33)/t24-/m0/s1. The van der Waals surface area contributed by atoms with Gasteiger partial charge in [0.25, 0.3) is 0 Å². The molecule has 36 heavy (non-hydrogen) atoms. The third-order valence-electron chi connectivity index (χ3n) is 5.88. The van der Waals surface area contributed by atoms with Crippen LogP contribution in [0.25, 0.3) is 0 Å². The molecule has 2 aromatic carbocycles. The van der Waals surface area contributed by atoms with E-state index in [4.69, 9.17) is 23.2 Å². The number of sulfonamides is 1. The van der Waals surface area contributed by atoms with Gasteiger partial charge in [-0.05, 0) is 67.1 Å². The van der Waals surface area contributed by atoms with E-state index in [9.17, 15) is 18.0 Å². The summed E-state index contributed by atoms with van der Waals surface area (Å²) in [4.78, 5) is 28.2. The third kappa shape index (κ3) is 8.11. The van der Waals surface area contributed by atoms with Crippen molar-refractivity contribution in [2.75, 3.05) is 23.7 Å². The molecule has 0 heterocycles. The van der Waals surface area contributed by atoms with Gasteiger partial charge in [-0.15, -0.1) is 0 Å². The van der Waals surface area contributed by atoms with E-state index in [0.29, 0.717) is 34.3 Å². The summed E-state index contributed by atoms with van der Waals surface area (Å²) in [5.41, 5.74) is 2.89. The highest BCUT2D eigenvalue weighted by Crippen LogP contribution is 2.25. The van der Waals surface area contributed by atoms with Crippen LogP contribution in [0, 0.1) is 19.8 Å². The van der Waals surface area contributed by atoms with Gasteiger partial charge < -0.3 is 10.2 Å². The number of aryl methyl sites for hydroxylation is 2. The Bertz CT molecular complexity index is 1200. The van der Waals surface area contributed by atoms with E-state index < -0.39 is 28.5 Å². The number of anilines is 1. The molecule has 2 amide bonds. The first-order valence-corrected chi connectivity index (χ1v) is 14.4. The largest absolute Gasteiger partial charge is 0.354 e. The molecule has 0 saturated carbocycles. The monoisotopic (exact) mass is 555 g/mol. The topological polar surface area (TPSA) is 86.8 Å². The minimum atomic E-state index is -3.80. The Labute approximate surface area is 224 Å². The second-order valence-corrected chi connectivity index (χ2v) is 12.1. The molecule has 2 aromatic rings. The fourth-order valence-corrected chi connectivity index (χ4v) is 4.98. The molecular formula is C26H35Cl2N3O4S. The zero-order chi connectivity index (χ0) is 27.2. The van der Waals surface area contributed by atoms with Gasteiger partial charge in [0, 0.05) is 23.1 Å². The molecule has 0 spiro atoms. The van der Waals surface area contributed by atoms with Crippen molar-refractivity contribution >= 4 is 50.7 Å². The highest BCUT2D eigenvalue weighted by Gasteiger charge is 2.32. The van der Waals surface area contributed by atoms with Gasteiger partial charge in [0.2, 0.25) is 21.8 Å². The SMILES string of the molecule is CC[C@@H](C(=O)NCC(C)C)N(Cc1ccc(Cl)cc1Cl)C(=O)CN(c1ccc(C)c(C)c1)S(C)(=O)=O. The van der Waals surface area contributed by atoms with Gasteiger partial charge >= 0.3 is 0 Å². The molecule has 0 unspecified atom stereocenters. The fraction of sp³-hybridized carbons (Fsp3) is 0.462.